The molecular weight excluding hydrogens is 144 g/mol. The molecule has 11 heavy (non-hydrogen) atoms. The van der Waals surface area contributed by atoms with Gasteiger partial charge in [-0.1, -0.05) is 20.8 Å². The zero-order chi connectivity index (χ0) is 9.07. The van der Waals surface area contributed by atoms with Gasteiger partial charge in [0.15, 0.2) is 0 Å². The first kappa shape index (κ1) is 9.70. The summed E-state index contributed by atoms with van der Waals surface area (Å²) in [6, 6.07) is 0. The zero-order valence-corrected chi connectivity index (χ0v) is 6.76. The minimum Gasteiger partial charge on any atom is -0.472 e. The second-order valence-electron chi connectivity index (χ2n) is 3.13. The van der Waals surface area contributed by atoms with E-state index in [1.807, 2.05) is 5.92 Å². The van der Waals surface area contributed by atoms with E-state index >= 15 is 0 Å². The molecule has 0 spiro atoms. The number of ketones is 1. The first-order chi connectivity index (χ1) is 4.84. The van der Waals surface area contributed by atoms with Crippen LogP contribution in [0.25, 0.3) is 0 Å². The molecule has 0 aliphatic carbocycles. The fourth-order valence-corrected chi connectivity index (χ4v) is 0.298. The van der Waals surface area contributed by atoms with Crippen LogP contribution in [0.15, 0.2) is 0 Å². The lowest BCUT2D eigenvalue weighted by atomic mass is 9.91. The predicted molar refractivity (Wildman–Crippen MR) is 39.9 cm³/mol. The van der Waals surface area contributed by atoms with Crippen LogP contribution >= 0.6 is 0 Å². The smallest absolute Gasteiger partial charge is 0.382 e. The number of carbonyl (C=O) groups is 2. The van der Waals surface area contributed by atoms with Gasteiger partial charge in [0, 0.05) is 11.3 Å². The Kier molecular flexibility index (Phi) is 2.82. The van der Waals surface area contributed by atoms with Crippen LogP contribution in [0.1, 0.15) is 20.8 Å². The standard InChI is InChI=1S/C8H10O3/c1-8(2,3)6(9)4-5-7(10)11/h1-3H3,(H,10,11). The van der Waals surface area contributed by atoms with E-state index < -0.39 is 11.4 Å². The number of Topliss-reactive ketones (excluding diaryl/α,β-unsaturated/α-hetero) is 1. The summed E-state index contributed by atoms with van der Waals surface area (Å²) in [7, 11) is 0. The van der Waals surface area contributed by atoms with Gasteiger partial charge in [-0.2, -0.15) is 0 Å². The number of rotatable bonds is 0. The van der Waals surface area contributed by atoms with Crippen molar-refractivity contribution in [2.45, 2.75) is 20.8 Å². The van der Waals surface area contributed by atoms with Crippen molar-refractivity contribution >= 4 is 11.8 Å². The molecular formula is C8H10O3. The summed E-state index contributed by atoms with van der Waals surface area (Å²) in [6.07, 6.45) is 0. The third-order valence-electron chi connectivity index (χ3n) is 0.964. The molecule has 0 saturated heterocycles. The molecule has 0 aliphatic heterocycles. The normalized spacial score (nSPS) is 9.73. The highest BCUT2D eigenvalue weighted by atomic mass is 16.4. The van der Waals surface area contributed by atoms with Gasteiger partial charge in [-0.3, -0.25) is 4.79 Å². The van der Waals surface area contributed by atoms with E-state index in [9.17, 15) is 9.59 Å². The van der Waals surface area contributed by atoms with Crippen molar-refractivity contribution in [3.63, 3.8) is 0 Å². The topological polar surface area (TPSA) is 54.4 Å². The molecule has 0 aromatic rings. The maximum Gasteiger partial charge on any atom is 0.382 e. The fraction of sp³-hybridized carbons (Fsp3) is 0.500. The van der Waals surface area contributed by atoms with Gasteiger partial charge in [0.2, 0.25) is 5.78 Å². The van der Waals surface area contributed by atoms with Crippen LogP contribution in [-0.4, -0.2) is 16.9 Å². The minimum atomic E-state index is -1.28. The van der Waals surface area contributed by atoms with Crippen LogP contribution in [0.4, 0.5) is 0 Å². The highest BCUT2D eigenvalue weighted by molar-refractivity contribution is 6.03. The van der Waals surface area contributed by atoms with Crippen LogP contribution < -0.4 is 0 Å². The summed E-state index contributed by atoms with van der Waals surface area (Å²) in [5, 5.41) is 8.10. The number of aliphatic carboxylic acids is 1. The molecule has 60 valence electrons. The Bertz CT molecular complexity index is 234. The maximum atomic E-state index is 10.9. The summed E-state index contributed by atoms with van der Waals surface area (Å²) in [5.74, 6) is 2.17. The van der Waals surface area contributed by atoms with Crippen LogP contribution in [0.3, 0.4) is 0 Å². The lowest BCUT2D eigenvalue weighted by Gasteiger charge is -2.10. The number of carbonyl (C=O) groups excluding carboxylic acids is 1. The van der Waals surface area contributed by atoms with Crippen LogP contribution in [0.5, 0.6) is 0 Å². The monoisotopic (exact) mass is 154 g/mol. The highest BCUT2D eigenvalue weighted by Gasteiger charge is 2.18. The first-order valence-electron chi connectivity index (χ1n) is 3.13. The largest absolute Gasteiger partial charge is 0.472 e. The first-order valence-corrected chi connectivity index (χ1v) is 3.13. The van der Waals surface area contributed by atoms with E-state index in [4.69, 9.17) is 5.11 Å². The molecule has 0 aromatic carbocycles. The molecule has 0 saturated carbocycles. The number of carboxylic acid groups (broad SMARTS) is 1. The van der Waals surface area contributed by atoms with Gasteiger partial charge in [0.25, 0.3) is 0 Å². The van der Waals surface area contributed by atoms with E-state index in [1.54, 1.807) is 26.7 Å². The van der Waals surface area contributed by atoms with Gasteiger partial charge >= 0.3 is 5.97 Å². The van der Waals surface area contributed by atoms with Crippen molar-refractivity contribution in [1.29, 1.82) is 0 Å². The van der Waals surface area contributed by atoms with Crippen molar-refractivity contribution in [3.8, 4) is 11.8 Å². The Balaban J connectivity index is 4.35. The van der Waals surface area contributed by atoms with Crippen molar-refractivity contribution in [1.82, 2.24) is 0 Å². The van der Waals surface area contributed by atoms with Gasteiger partial charge in [0.05, 0.1) is 0 Å². The van der Waals surface area contributed by atoms with Crippen molar-refractivity contribution < 1.29 is 14.7 Å². The SMILES string of the molecule is CC(C)(C)C(=O)C#CC(=O)O. The molecule has 0 unspecified atom stereocenters. The quantitative estimate of drug-likeness (QED) is 0.412. The highest BCUT2D eigenvalue weighted by Crippen LogP contribution is 2.12. The summed E-state index contributed by atoms with van der Waals surface area (Å²) < 4.78 is 0. The number of carboxylic acids is 1. The number of hydrogen-bond donors (Lipinski definition) is 1. The lowest BCUT2D eigenvalue weighted by molar-refractivity contribution is -0.130. The molecule has 0 aliphatic rings. The van der Waals surface area contributed by atoms with E-state index in [0.717, 1.165) is 0 Å². The average molecular weight is 154 g/mol. The molecule has 3 nitrogen and oxygen atoms in total. The van der Waals surface area contributed by atoms with Gasteiger partial charge in [-0.05, 0) is 5.92 Å². The Labute approximate surface area is 65.4 Å². The lowest BCUT2D eigenvalue weighted by Crippen LogP contribution is -2.18. The summed E-state index contributed by atoms with van der Waals surface area (Å²) in [4.78, 5) is 20.8. The third-order valence-corrected chi connectivity index (χ3v) is 0.964. The second-order valence-corrected chi connectivity index (χ2v) is 3.13. The van der Waals surface area contributed by atoms with Gasteiger partial charge in [-0.25, -0.2) is 4.79 Å². The van der Waals surface area contributed by atoms with Crippen molar-refractivity contribution in [3.05, 3.63) is 0 Å². The predicted octanol–water partition coefficient (Wildman–Crippen LogP) is 0.690. The minimum absolute atomic E-state index is 0.361. The number of hydrogen-bond acceptors (Lipinski definition) is 2. The van der Waals surface area contributed by atoms with Crippen LogP contribution in [0, 0.1) is 17.3 Å². The molecule has 0 heterocycles. The molecule has 0 radical (unpaired) electrons. The molecule has 0 bridgehead atoms. The fourth-order valence-electron chi connectivity index (χ4n) is 0.298. The average Bonchev–Trinajstić information content (AvgIpc) is 1.80. The molecule has 0 aromatic heterocycles. The Morgan fingerprint density at radius 2 is 1.64 bits per heavy atom. The van der Waals surface area contributed by atoms with Crippen molar-refractivity contribution in [2.24, 2.45) is 5.41 Å². The van der Waals surface area contributed by atoms with Crippen LogP contribution in [-0.2, 0) is 9.59 Å². The Hall–Kier alpha value is -1.30. The molecule has 0 rings (SSSR count). The van der Waals surface area contributed by atoms with Crippen LogP contribution in [0.2, 0.25) is 0 Å². The summed E-state index contributed by atoms with van der Waals surface area (Å²) in [6.45, 7) is 5.06. The van der Waals surface area contributed by atoms with E-state index in [-0.39, 0.29) is 5.78 Å². The van der Waals surface area contributed by atoms with Gasteiger partial charge in [-0.15, -0.1) is 0 Å². The molecule has 3 heteroatoms. The summed E-state index contributed by atoms with van der Waals surface area (Å²) >= 11 is 0. The van der Waals surface area contributed by atoms with Crippen molar-refractivity contribution in [2.75, 3.05) is 0 Å². The Morgan fingerprint density at radius 1 is 1.18 bits per heavy atom. The zero-order valence-electron chi connectivity index (χ0n) is 6.76. The van der Waals surface area contributed by atoms with Gasteiger partial charge in [0.1, 0.15) is 0 Å². The molecule has 0 amide bonds. The third kappa shape index (κ3) is 4.15. The Morgan fingerprint density at radius 3 is 1.91 bits per heavy atom. The molecule has 0 atom stereocenters. The van der Waals surface area contributed by atoms with Gasteiger partial charge < -0.3 is 5.11 Å². The second kappa shape index (κ2) is 3.20. The van der Waals surface area contributed by atoms with E-state index in [2.05, 4.69) is 0 Å². The molecule has 1 N–H and O–H groups in total. The maximum absolute atomic E-state index is 10.9. The molecule has 0 fully saturated rings. The van der Waals surface area contributed by atoms with E-state index in [1.165, 1.54) is 0 Å². The van der Waals surface area contributed by atoms with E-state index in [0.29, 0.717) is 0 Å². The summed E-state index contributed by atoms with van der Waals surface area (Å²) in [5.41, 5.74) is -0.581.